The number of amides is 1. The number of nitrogens with zero attached hydrogens (tertiary/aromatic N) is 1. The molecule has 1 heterocycles. The van der Waals surface area contributed by atoms with Crippen molar-refractivity contribution in [3.8, 4) is 5.75 Å². The summed E-state index contributed by atoms with van der Waals surface area (Å²) in [6.07, 6.45) is 1.53. The van der Waals surface area contributed by atoms with Crippen molar-refractivity contribution in [2.45, 2.75) is 13.0 Å². The topological polar surface area (TPSA) is 63.7 Å². The molecule has 0 fully saturated rings. The Morgan fingerprint density at radius 3 is 2.50 bits per heavy atom. The molecule has 0 unspecified atom stereocenters. The van der Waals surface area contributed by atoms with E-state index < -0.39 is 15.9 Å². The minimum absolute atomic E-state index is 0.155. The third-order valence-electron chi connectivity index (χ3n) is 3.98. The molecule has 0 aromatic heterocycles. The number of halogens is 1. The first-order valence-electron chi connectivity index (χ1n) is 8.13. The van der Waals surface area contributed by atoms with Crippen molar-refractivity contribution in [1.29, 1.82) is 0 Å². The smallest absolute Gasteiger partial charge is 0.262 e. The van der Waals surface area contributed by atoms with Crippen LogP contribution >= 0.6 is 11.6 Å². The zero-order chi connectivity index (χ0) is 18.7. The van der Waals surface area contributed by atoms with Crippen molar-refractivity contribution < 1.29 is 17.9 Å². The minimum Gasteiger partial charge on any atom is -0.493 e. The Kier molecular flexibility index (Phi) is 5.34. The van der Waals surface area contributed by atoms with Crippen molar-refractivity contribution in [3.05, 3.63) is 70.6 Å². The van der Waals surface area contributed by atoms with Crippen LogP contribution in [0.1, 0.15) is 17.3 Å². The summed E-state index contributed by atoms with van der Waals surface area (Å²) in [6, 6.07) is 13.1. The van der Waals surface area contributed by atoms with Gasteiger partial charge in [-0.1, -0.05) is 23.7 Å². The molecular weight excluding hydrogens is 374 g/mol. The SMILES string of the molecule is CCOc1ccccc1C(=O)N(c1ccc(Cl)cc1)[C@@H]1C=CS(=O)(=O)C1. The van der Waals surface area contributed by atoms with Gasteiger partial charge >= 0.3 is 0 Å². The fourth-order valence-corrected chi connectivity index (χ4v) is 4.23. The molecule has 2 aromatic carbocycles. The number of anilines is 1. The summed E-state index contributed by atoms with van der Waals surface area (Å²) in [7, 11) is -3.32. The molecule has 0 saturated heterocycles. The number of rotatable bonds is 5. The van der Waals surface area contributed by atoms with Gasteiger partial charge in [0.1, 0.15) is 5.75 Å². The quantitative estimate of drug-likeness (QED) is 0.779. The number of carbonyl (C=O) groups is 1. The van der Waals surface area contributed by atoms with Crippen LogP contribution in [0.5, 0.6) is 5.75 Å². The lowest BCUT2D eigenvalue weighted by Crippen LogP contribution is -2.41. The van der Waals surface area contributed by atoms with Crippen LogP contribution in [0.25, 0.3) is 0 Å². The van der Waals surface area contributed by atoms with Gasteiger partial charge < -0.3 is 9.64 Å². The fourth-order valence-electron chi connectivity index (χ4n) is 2.84. The molecule has 0 radical (unpaired) electrons. The summed E-state index contributed by atoms with van der Waals surface area (Å²) in [5.41, 5.74) is 0.944. The molecule has 0 aliphatic carbocycles. The molecule has 26 heavy (non-hydrogen) atoms. The third kappa shape index (κ3) is 3.92. The van der Waals surface area contributed by atoms with Gasteiger partial charge in [-0.25, -0.2) is 8.42 Å². The lowest BCUT2D eigenvalue weighted by atomic mass is 10.1. The number of para-hydroxylation sites is 1. The Morgan fingerprint density at radius 2 is 1.88 bits per heavy atom. The highest BCUT2D eigenvalue weighted by molar-refractivity contribution is 7.94. The summed E-state index contributed by atoms with van der Waals surface area (Å²) >= 11 is 5.95. The fraction of sp³-hybridized carbons (Fsp3) is 0.211. The molecule has 0 spiro atoms. The maximum Gasteiger partial charge on any atom is 0.262 e. The molecule has 7 heteroatoms. The Morgan fingerprint density at radius 1 is 1.19 bits per heavy atom. The molecular formula is C19H18ClNO4S. The summed E-state index contributed by atoms with van der Waals surface area (Å²) < 4.78 is 29.3. The van der Waals surface area contributed by atoms with Gasteiger partial charge in [-0.3, -0.25) is 4.79 Å². The average molecular weight is 392 g/mol. The summed E-state index contributed by atoms with van der Waals surface area (Å²) in [4.78, 5) is 14.8. The monoisotopic (exact) mass is 391 g/mol. The number of carbonyl (C=O) groups excluding carboxylic acids is 1. The highest BCUT2D eigenvalue weighted by Gasteiger charge is 2.33. The second-order valence-corrected chi connectivity index (χ2v) is 8.17. The predicted octanol–water partition coefficient (Wildman–Crippen LogP) is 3.70. The van der Waals surface area contributed by atoms with Crippen molar-refractivity contribution >= 4 is 33.0 Å². The van der Waals surface area contributed by atoms with E-state index in [1.54, 1.807) is 48.5 Å². The van der Waals surface area contributed by atoms with E-state index in [4.69, 9.17) is 16.3 Å². The lowest BCUT2D eigenvalue weighted by Gasteiger charge is -2.28. The van der Waals surface area contributed by atoms with Crippen LogP contribution < -0.4 is 9.64 Å². The van der Waals surface area contributed by atoms with Gasteiger partial charge in [-0.2, -0.15) is 0 Å². The number of ether oxygens (including phenoxy) is 1. The van der Waals surface area contributed by atoms with E-state index in [9.17, 15) is 13.2 Å². The van der Waals surface area contributed by atoms with Gasteiger partial charge in [0.05, 0.1) is 24.0 Å². The van der Waals surface area contributed by atoms with Crippen LogP contribution in [0.2, 0.25) is 5.02 Å². The van der Waals surface area contributed by atoms with E-state index in [2.05, 4.69) is 0 Å². The van der Waals surface area contributed by atoms with Crippen LogP contribution in [-0.4, -0.2) is 32.7 Å². The standard InChI is InChI=1S/C19H18ClNO4S/c1-2-25-18-6-4-3-5-17(18)19(22)21(15-9-7-14(20)8-10-15)16-11-12-26(23,24)13-16/h3-12,16H,2,13H2,1H3/t16-/m1/s1. The lowest BCUT2D eigenvalue weighted by molar-refractivity contribution is 0.0979. The zero-order valence-corrected chi connectivity index (χ0v) is 15.7. The molecule has 136 valence electrons. The second-order valence-electron chi connectivity index (χ2n) is 5.81. The Labute approximate surface area is 157 Å². The van der Waals surface area contributed by atoms with Crippen LogP contribution in [0, 0.1) is 0 Å². The Balaban J connectivity index is 2.05. The molecule has 5 nitrogen and oxygen atoms in total. The molecule has 1 aliphatic rings. The second kappa shape index (κ2) is 7.51. The van der Waals surface area contributed by atoms with Gasteiger partial charge in [0, 0.05) is 16.1 Å². The number of hydrogen-bond donors (Lipinski definition) is 0. The molecule has 3 rings (SSSR count). The third-order valence-corrected chi connectivity index (χ3v) is 5.61. The van der Waals surface area contributed by atoms with Gasteiger partial charge in [0.2, 0.25) is 0 Å². The van der Waals surface area contributed by atoms with Crippen molar-refractivity contribution in [3.63, 3.8) is 0 Å². The van der Waals surface area contributed by atoms with Crippen LogP contribution in [-0.2, 0) is 9.84 Å². The molecule has 0 bridgehead atoms. The predicted molar refractivity (Wildman–Crippen MR) is 103 cm³/mol. The number of hydrogen-bond acceptors (Lipinski definition) is 4. The van der Waals surface area contributed by atoms with Crippen molar-refractivity contribution in [2.75, 3.05) is 17.3 Å². The molecule has 1 aliphatic heterocycles. The highest BCUT2D eigenvalue weighted by Crippen LogP contribution is 2.29. The van der Waals surface area contributed by atoms with Gasteiger partial charge in [0.15, 0.2) is 9.84 Å². The van der Waals surface area contributed by atoms with E-state index >= 15 is 0 Å². The van der Waals surface area contributed by atoms with Crippen molar-refractivity contribution in [2.24, 2.45) is 0 Å². The molecule has 0 saturated carbocycles. The van der Waals surface area contributed by atoms with Crippen LogP contribution in [0.3, 0.4) is 0 Å². The summed E-state index contributed by atoms with van der Waals surface area (Å²) in [6.45, 7) is 2.26. The highest BCUT2D eigenvalue weighted by atomic mass is 35.5. The van der Waals surface area contributed by atoms with E-state index in [1.807, 2.05) is 6.92 Å². The molecule has 1 atom stereocenters. The normalized spacial score (nSPS) is 17.8. The summed E-state index contributed by atoms with van der Waals surface area (Å²) in [5, 5.41) is 1.69. The van der Waals surface area contributed by atoms with E-state index in [0.717, 1.165) is 5.41 Å². The van der Waals surface area contributed by atoms with E-state index in [0.29, 0.717) is 28.6 Å². The van der Waals surface area contributed by atoms with Gasteiger partial charge in [0.25, 0.3) is 5.91 Å². The molecule has 0 N–H and O–H groups in total. The maximum atomic E-state index is 13.3. The van der Waals surface area contributed by atoms with E-state index in [-0.39, 0.29) is 11.7 Å². The first-order valence-corrected chi connectivity index (χ1v) is 10.2. The van der Waals surface area contributed by atoms with Gasteiger partial charge in [-0.05, 0) is 49.4 Å². The average Bonchev–Trinajstić information content (AvgIpc) is 2.97. The number of benzene rings is 2. The van der Waals surface area contributed by atoms with E-state index in [1.165, 1.54) is 11.0 Å². The Bertz CT molecular complexity index is 938. The summed E-state index contributed by atoms with van der Waals surface area (Å²) in [5.74, 6) is -0.0232. The van der Waals surface area contributed by atoms with Crippen LogP contribution in [0.4, 0.5) is 5.69 Å². The minimum atomic E-state index is -3.32. The zero-order valence-electron chi connectivity index (χ0n) is 14.1. The first kappa shape index (κ1) is 18.5. The maximum absolute atomic E-state index is 13.3. The van der Waals surface area contributed by atoms with Crippen molar-refractivity contribution in [1.82, 2.24) is 0 Å². The Hall–Kier alpha value is -2.31. The first-order chi connectivity index (χ1) is 12.4. The van der Waals surface area contributed by atoms with Gasteiger partial charge in [-0.15, -0.1) is 0 Å². The number of sulfone groups is 1. The molecule has 1 amide bonds. The molecule has 2 aromatic rings. The largest absolute Gasteiger partial charge is 0.493 e. The van der Waals surface area contributed by atoms with Crippen LogP contribution in [0.15, 0.2) is 60.0 Å².